The fourth-order valence-corrected chi connectivity index (χ4v) is 1.57. The number of alkyl halides is 1. The van der Waals surface area contributed by atoms with E-state index in [1.54, 1.807) is 18.3 Å². The van der Waals surface area contributed by atoms with Gasteiger partial charge in [0.05, 0.1) is 11.1 Å². The minimum Gasteiger partial charge on any atom is -0.441 e. The molecule has 0 saturated heterocycles. The highest BCUT2D eigenvalue weighted by atomic mass is 35.5. The van der Waals surface area contributed by atoms with Gasteiger partial charge in [-0.25, -0.2) is 4.98 Å². The van der Waals surface area contributed by atoms with E-state index in [9.17, 15) is 10.1 Å². The topological polar surface area (TPSA) is 69.2 Å². The number of benzene rings is 1. The number of halogens is 1. The number of hydrogen-bond acceptors (Lipinski definition) is 4. The van der Waals surface area contributed by atoms with Gasteiger partial charge in [-0.3, -0.25) is 10.1 Å². The van der Waals surface area contributed by atoms with E-state index < -0.39 is 4.92 Å². The first kappa shape index (κ1) is 11.6. The molecule has 2 aromatic rings. The second-order valence-corrected chi connectivity index (χ2v) is 3.74. The molecule has 0 radical (unpaired) electrons. The summed E-state index contributed by atoms with van der Waals surface area (Å²) in [6, 6.07) is 6.22. The van der Waals surface area contributed by atoms with Gasteiger partial charge in [0.2, 0.25) is 0 Å². The number of non-ortho nitro benzene ring substituents is 1. The van der Waals surface area contributed by atoms with E-state index in [1.165, 1.54) is 12.1 Å². The lowest BCUT2D eigenvalue weighted by molar-refractivity contribution is -0.384. The number of oxazole rings is 1. The monoisotopic (exact) mass is 252 g/mol. The van der Waals surface area contributed by atoms with Crippen molar-refractivity contribution in [2.75, 3.05) is 5.88 Å². The molecular formula is C11H9ClN2O3. The highest BCUT2D eigenvalue weighted by Crippen LogP contribution is 2.24. The molecule has 0 bridgehead atoms. The van der Waals surface area contributed by atoms with Crippen LogP contribution >= 0.6 is 11.6 Å². The predicted molar refractivity (Wildman–Crippen MR) is 63.0 cm³/mol. The summed E-state index contributed by atoms with van der Waals surface area (Å²) in [5.74, 6) is 1.46. The zero-order valence-corrected chi connectivity index (χ0v) is 9.55. The quantitative estimate of drug-likeness (QED) is 0.476. The Labute approximate surface area is 102 Å². The Morgan fingerprint density at radius 2 is 2.29 bits per heavy atom. The first-order chi connectivity index (χ1) is 8.20. The Bertz CT molecular complexity index is 539. The summed E-state index contributed by atoms with van der Waals surface area (Å²) in [5, 5.41) is 10.6. The van der Waals surface area contributed by atoms with E-state index >= 15 is 0 Å². The molecule has 0 amide bonds. The van der Waals surface area contributed by atoms with Crippen molar-refractivity contribution in [3.8, 4) is 11.3 Å². The van der Waals surface area contributed by atoms with Gasteiger partial charge >= 0.3 is 0 Å². The Morgan fingerprint density at radius 1 is 1.47 bits per heavy atom. The highest BCUT2D eigenvalue weighted by Gasteiger charge is 2.10. The molecule has 0 aliphatic rings. The second kappa shape index (κ2) is 4.97. The van der Waals surface area contributed by atoms with E-state index in [1.807, 2.05) is 0 Å². The van der Waals surface area contributed by atoms with Crippen LogP contribution in [0.4, 0.5) is 5.69 Å². The summed E-state index contributed by atoms with van der Waals surface area (Å²) < 4.78 is 5.43. The molecule has 0 aliphatic heterocycles. The molecule has 1 aromatic carbocycles. The van der Waals surface area contributed by atoms with Crippen molar-refractivity contribution in [3.05, 3.63) is 46.5 Å². The van der Waals surface area contributed by atoms with Crippen LogP contribution < -0.4 is 0 Å². The van der Waals surface area contributed by atoms with Crippen LogP contribution in [-0.2, 0) is 6.42 Å². The number of aryl methyl sites for hydroxylation is 1. The van der Waals surface area contributed by atoms with Crippen LogP contribution in [0, 0.1) is 10.1 Å². The van der Waals surface area contributed by atoms with Gasteiger partial charge in [-0.1, -0.05) is 12.1 Å². The van der Waals surface area contributed by atoms with Crippen LogP contribution in [0.1, 0.15) is 5.89 Å². The predicted octanol–water partition coefficient (Wildman–Crippen LogP) is 3.03. The van der Waals surface area contributed by atoms with Gasteiger partial charge in [-0.2, -0.15) is 0 Å². The minimum atomic E-state index is -0.445. The van der Waals surface area contributed by atoms with Crippen LogP contribution in [0.5, 0.6) is 0 Å². The van der Waals surface area contributed by atoms with Crippen molar-refractivity contribution >= 4 is 17.3 Å². The molecule has 0 unspecified atom stereocenters. The van der Waals surface area contributed by atoms with Gasteiger partial charge in [-0.05, 0) is 0 Å². The molecular weight excluding hydrogens is 244 g/mol. The van der Waals surface area contributed by atoms with Crippen molar-refractivity contribution in [1.82, 2.24) is 4.98 Å². The maximum atomic E-state index is 10.6. The number of hydrogen-bond donors (Lipinski definition) is 0. The summed E-state index contributed by atoms with van der Waals surface area (Å²) in [6.07, 6.45) is 2.08. The minimum absolute atomic E-state index is 0.0257. The lowest BCUT2D eigenvalue weighted by atomic mass is 10.2. The fraction of sp³-hybridized carbons (Fsp3) is 0.182. The molecule has 88 valence electrons. The summed E-state index contributed by atoms with van der Waals surface area (Å²) in [6.45, 7) is 0. The molecule has 6 heteroatoms. The summed E-state index contributed by atoms with van der Waals surface area (Å²) in [4.78, 5) is 14.2. The number of aromatic nitrogens is 1. The zero-order chi connectivity index (χ0) is 12.3. The van der Waals surface area contributed by atoms with Crippen molar-refractivity contribution < 1.29 is 9.34 Å². The lowest BCUT2D eigenvalue weighted by Gasteiger charge is -1.96. The molecule has 5 nitrogen and oxygen atoms in total. The fourth-order valence-electron chi connectivity index (χ4n) is 1.41. The van der Waals surface area contributed by atoms with E-state index in [2.05, 4.69) is 4.98 Å². The maximum Gasteiger partial charge on any atom is 0.270 e. The third kappa shape index (κ3) is 2.62. The Hall–Kier alpha value is -1.88. The average molecular weight is 253 g/mol. The average Bonchev–Trinajstić information content (AvgIpc) is 2.78. The standard InChI is InChI=1S/C11H9ClN2O3/c12-5-4-11-13-7-10(17-11)8-2-1-3-9(6-8)14(15)16/h1-3,6-7H,4-5H2. The molecule has 1 aromatic heterocycles. The van der Waals surface area contributed by atoms with Crippen molar-refractivity contribution in [2.45, 2.75) is 6.42 Å². The highest BCUT2D eigenvalue weighted by molar-refractivity contribution is 6.17. The largest absolute Gasteiger partial charge is 0.441 e. The number of nitro groups is 1. The molecule has 0 N–H and O–H groups in total. The molecule has 0 atom stereocenters. The Morgan fingerprint density at radius 3 is 3.00 bits per heavy atom. The normalized spacial score (nSPS) is 10.4. The van der Waals surface area contributed by atoms with E-state index in [4.69, 9.17) is 16.0 Å². The van der Waals surface area contributed by atoms with Gasteiger partial charge in [0.15, 0.2) is 11.7 Å². The molecule has 2 rings (SSSR count). The van der Waals surface area contributed by atoms with Crippen LogP contribution in [0.15, 0.2) is 34.9 Å². The van der Waals surface area contributed by atoms with Gasteiger partial charge < -0.3 is 4.42 Å². The number of nitrogens with zero attached hydrogens (tertiary/aromatic N) is 2. The first-order valence-electron chi connectivity index (χ1n) is 4.96. The van der Waals surface area contributed by atoms with Gasteiger partial charge in [-0.15, -0.1) is 11.6 Å². The Kier molecular flexibility index (Phi) is 3.39. The second-order valence-electron chi connectivity index (χ2n) is 3.36. The van der Waals surface area contributed by atoms with Gasteiger partial charge in [0.1, 0.15) is 0 Å². The van der Waals surface area contributed by atoms with Crippen molar-refractivity contribution in [2.24, 2.45) is 0 Å². The van der Waals surface area contributed by atoms with Crippen LogP contribution in [-0.4, -0.2) is 15.8 Å². The summed E-state index contributed by atoms with van der Waals surface area (Å²) in [7, 11) is 0. The summed E-state index contributed by atoms with van der Waals surface area (Å²) >= 11 is 5.57. The molecule has 0 fully saturated rings. The molecule has 0 saturated carbocycles. The number of rotatable bonds is 4. The molecule has 0 aliphatic carbocycles. The third-order valence-electron chi connectivity index (χ3n) is 2.20. The number of nitro benzene ring substituents is 1. The maximum absolute atomic E-state index is 10.6. The first-order valence-corrected chi connectivity index (χ1v) is 5.49. The summed E-state index contributed by atoms with van der Waals surface area (Å²) in [5.41, 5.74) is 0.658. The van der Waals surface area contributed by atoms with E-state index in [0.717, 1.165) is 0 Å². The van der Waals surface area contributed by atoms with Crippen LogP contribution in [0.3, 0.4) is 0 Å². The lowest BCUT2D eigenvalue weighted by Crippen LogP contribution is -1.87. The van der Waals surface area contributed by atoms with E-state index in [-0.39, 0.29) is 5.69 Å². The Balaban J connectivity index is 2.32. The van der Waals surface area contributed by atoms with E-state index in [0.29, 0.717) is 29.5 Å². The SMILES string of the molecule is O=[N+]([O-])c1cccc(-c2cnc(CCCl)o2)c1. The van der Waals surface area contributed by atoms with Crippen LogP contribution in [0.2, 0.25) is 0 Å². The van der Waals surface area contributed by atoms with Crippen molar-refractivity contribution in [1.29, 1.82) is 0 Å². The molecule has 0 spiro atoms. The van der Waals surface area contributed by atoms with Gasteiger partial charge in [0, 0.05) is 30.0 Å². The molecule has 17 heavy (non-hydrogen) atoms. The third-order valence-corrected chi connectivity index (χ3v) is 2.39. The molecule has 1 heterocycles. The zero-order valence-electron chi connectivity index (χ0n) is 8.80. The smallest absolute Gasteiger partial charge is 0.270 e. The van der Waals surface area contributed by atoms with Crippen molar-refractivity contribution in [3.63, 3.8) is 0 Å². The van der Waals surface area contributed by atoms with Gasteiger partial charge in [0.25, 0.3) is 5.69 Å². The van der Waals surface area contributed by atoms with Crippen LogP contribution in [0.25, 0.3) is 11.3 Å².